The minimum atomic E-state index is -1.13. The number of aromatic amines is 1. The van der Waals surface area contributed by atoms with Crippen LogP contribution in [0.5, 0.6) is 0 Å². The van der Waals surface area contributed by atoms with E-state index in [0.29, 0.717) is 35.1 Å². The van der Waals surface area contributed by atoms with Gasteiger partial charge in [-0.05, 0) is 51.0 Å². The molecule has 2 N–H and O–H groups in total. The Labute approximate surface area is 217 Å². The summed E-state index contributed by atoms with van der Waals surface area (Å²) in [6.45, 7) is 2.00. The molecule has 4 heterocycles. The normalized spacial score (nSPS) is 11.4. The number of furan rings is 1. The van der Waals surface area contributed by atoms with Crippen LogP contribution in [-0.2, 0) is 6.42 Å². The van der Waals surface area contributed by atoms with Crippen LogP contribution in [0, 0.1) is 0 Å². The van der Waals surface area contributed by atoms with E-state index in [2.05, 4.69) is 46.5 Å². The van der Waals surface area contributed by atoms with Gasteiger partial charge in [0.15, 0.2) is 11.5 Å². The van der Waals surface area contributed by atoms with Crippen LogP contribution in [0.25, 0.3) is 39.3 Å². The Kier molecular flexibility index (Phi) is 5.45. The van der Waals surface area contributed by atoms with Gasteiger partial charge in [-0.15, -0.1) is 5.10 Å². The number of halogens is 1. The van der Waals surface area contributed by atoms with Gasteiger partial charge in [0.1, 0.15) is 17.2 Å². The van der Waals surface area contributed by atoms with E-state index in [0.717, 1.165) is 32.4 Å². The van der Waals surface area contributed by atoms with Crippen molar-refractivity contribution < 1.29 is 14.3 Å². The van der Waals surface area contributed by atoms with Crippen molar-refractivity contribution in [2.75, 3.05) is 11.9 Å². The van der Waals surface area contributed by atoms with Gasteiger partial charge in [-0.2, -0.15) is 0 Å². The molecule has 0 radical (unpaired) electrons. The van der Waals surface area contributed by atoms with E-state index in [-0.39, 0.29) is 5.82 Å². The van der Waals surface area contributed by atoms with Gasteiger partial charge < -0.3 is 14.4 Å². The fraction of sp³-hybridized carbons (Fsp3) is 0.120. The molecule has 0 atom stereocenters. The number of anilines is 2. The molecule has 12 heteroatoms. The summed E-state index contributed by atoms with van der Waals surface area (Å²) in [6, 6.07) is 15.4. The van der Waals surface area contributed by atoms with Crippen LogP contribution in [0.3, 0.4) is 0 Å². The molecule has 0 fully saturated rings. The summed E-state index contributed by atoms with van der Waals surface area (Å²) in [7, 11) is 1.88. The third-order valence-electron chi connectivity index (χ3n) is 6.19. The fourth-order valence-electron chi connectivity index (χ4n) is 4.35. The van der Waals surface area contributed by atoms with E-state index in [1.807, 2.05) is 67.4 Å². The van der Waals surface area contributed by atoms with Crippen molar-refractivity contribution in [3.63, 3.8) is 0 Å². The second kappa shape index (κ2) is 8.82. The Morgan fingerprint density at radius 2 is 2.00 bits per heavy atom. The second-order valence-electron chi connectivity index (χ2n) is 8.32. The van der Waals surface area contributed by atoms with E-state index < -0.39 is 5.97 Å². The highest BCUT2D eigenvalue weighted by molar-refractivity contribution is 9.10. The maximum atomic E-state index is 11.8. The first kappa shape index (κ1) is 22.9. The summed E-state index contributed by atoms with van der Waals surface area (Å²) in [5.41, 5.74) is 4.45. The fourth-order valence-corrected chi connectivity index (χ4v) is 4.95. The van der Waals surface area contributed by atoms with E-state index in [4.69, 9.17) is 4.42 Å². The second-order valence-corrected chi connectivity index (χ2v) is 9.11. The van der Waals surface area contributed by atoms with E-state index in [1.54, 1.807) is 4.40 Å². The number of tetrazole rings is 1. The third kappa shape index (κ3) is 3.73. The van der Waals surface area contributed by atoms with Gasteiger partial charge >= 0.3 is 5.97 Å². The summed E-state index contributed by atoms with van der Waals surface area (Å²) in [5, 5.41) is 24.8. The average molecular weight is 559 g/mol. The molecule has 0 unspecified atom stereocenters. The molecule has 0 spiro atoms. The summed E-state index contributed by atoms with van der Waals surface area (Å²) in [6.07, 6.45) is 2.17. The Morgan fingerprint density at radius 1 is 1.19 bits per heavy atom. The summed E-state index contributed by atoms with van der Waals surface area (Å²) < 4.78 is 8.58. The Hall–Kier alpha value is -4.58. The molecule has 37 heavy (non-hydrogen) atoms. The Morgan fingerprint density at radius 3 is 2.73 bits per heavy atom. The van der Waals surface area contributed by atoms with E-state index >= 15 is 0 Å². The summed E-state index contributed by atoms with van der Waals surface area (Å²) in [5.74, 6) is 0.590. The molecule has 0 bridgehead atoms. The standard InChI is InChI=1S/C25H19BrN8O3/c1-3-13-10-20(34-19(28-13)12-27-24(34)25(35)36)33(2)14-8-9-18-17(11-14)21(26)22(37-18)15-6-4-5-7-16(15)23-29-31-32-30-23/h4-12H,3H2,1-2H3,(H,35,36)(H,29,30,31,32). The van der Waals surface area contributed by atoms with Crippen LogP contribution in [-0.4, -0.2) is 53.1 Å². The number of rotatable bonds is 6. The Bertz CT molecular complexity index is 1790. The van der Waals surface area contributed by atoms with Crippen molar-refractivity contribution in [2.45, 2.75) is 13.3 Å². The van der Waals surface area contributed by atoms with Gasteiger partial charge in [0.05, 0.1) is 10.7 Å². The van der Waals surface area contributed by atoms with Crippen LogP contribution in [0.2, 0.25) is 0 Å². The topological polar surface area (TPSA) is 138 Å². The van der Waals surface area contributed by atoms with Gasteiger partial charge in [0.25, 0.3) is 0 Å². The van der Waals surface area contributed by atoms with Crippen molar-refractivity contribution in [3.05, 3.63) is 70.7 Å². The molecule has 4 aromatic heterocycles. The zero-order chi connectivity index (χ0) is 25.7. The predicted octanol–water partition coefficient (Wildman–Crippen LogP) is 5.11. The molecule has 6 rings (SSSR count). The molecule has 184 valence electrons. The number of nitrogens with zero attached hydrogens (tertiary/aromatic N) is 7. The first-order chi connectivity index (χ1) is 18.0. The predicted molar refractivity (Wildman–Crippen MR) is 140 cm³/mol. The van der Waals surface area contributed by atoms with Crippen molar-refractivity contribution >= 4 is 50.0 Å². The molecule has 0 aliphatic rings. The molecular weight excluding hydrogens is 540 g/mol. The Balaban J connectivity index is 1.49. The molecule has 0 aliphatic carbocycles. The number of benzene rings is 2. The first-order valence-corrected chi connectivity index (χ1v) is 12.2. The number of nitrogens with one attached hydrogen (secondary N) is 1. The number of carboxylic acids is 1. The average Bonchev–Trinajstić information content (AvgIpc) is 3.67. The zero-order valence-corrected chi connectivity index (χ0v) is 21.3. The number of carboxylic acid groups (broad SMARTS) is 1. The van der Waals surface area contributed by atoms with Crippen molar-refractivity contribution in [3.8, 4) is 22.7 Å². The number of fused-ring (bicyclic) bond motifs is 2. The van der Waals surface area contributed by atoms with Crippen molar-refractivity contribution in [1.29, 1.82) is 0 Å². The number of imidazole rings is 1. The van der Waals surface area contributed by atoms with Gasteiger partial charge in [-0.1, -0.05) is 31.2 Å². The molecule has 2 aromatic carbocycles. The van der Waals surface area contributed by atoms with Gasteiger partial charge in [0, 0.05) is 41.0 Å². The lowest BCUT2D eigenvalue weighted by Crippen LogP contribution is -2.17. The van der Waals surface area contributed by atoms with E-state index in [9.17, 15) is 9.90 Å². The number of carbonyl (C=O) groups is 1. The van der Waals surface area contributed by atoms with Crippen molar-refractivity contribution in [2.24, 2.45) is 0 Å². The maximum absolute atomic E-state index is 11.8. The largest absolute Gasteiger partial charge is 0.475 e. The maximum Gasteiger partial charge on any atom is 0.372 e. The molecular formula is C25H19BrN8O3. The molecule has 0 saturated carbocycles. The van der Waals surface area contributed by atoms with Gasteiger partial charge in [0.2, 0.25) is 5.82 Å². The quantitative estimate of drug-likeness (QED) is 0.285. The lowest BCUT2D eigenvalue weighted by molar-refractivity contribution is 0.0683. The highest BCUT2D eigenvalue weighted by Gasteiger charge is 2.22. The smallest absolute Gasteiger partial charge is 0.372 e. The molecule has 0 aliphatic heterocycles. The number of aromatic nitrogens is 7. The van der Waals surface area contributed by atoms with Crippen LogP contribution in [0.15, 0.2) is 63.6 Å². The zero-order valence-electron chi connectivity index (χ0n) is 19.7. The van der Waals surface area contributed by atoms with Crippen molar-refractivity contribution in [1.82, 2.24) is 35.0 Å². The van der Waals surface area contributed by atoms with Crippen LogP contribution in [0.4, 0.5) is 11.5 Å². The number of aryl methyl sites for hydroxylation is 1. The number of aromatic carboxylic acids is 1. The van der Waals surface area contributed by atoms with E-state index in [1.165, 1.54) is 6.20 Å². The minimum absolute atomic E-state index is 0.0987. The minimum Gasteiger partial charge on any atom is -0.475 e. The SMILES string of the molecule is CCc1cc(N(C)c2ccc3oc(-c4ccccc4-c4nnn[nH]4)c(Br)c3c2)n2c(C(=O)O)ncc2n1. The first-order valence-electron chi connectivity index (χ1n) is 11.4. The number of hydrogen-bond donors (Lipinski definition) is 2. The lowest BCUT2D eigenvalue weighted by Gasteiger charge is -2.22. The monoisotopic (exact) mass is 558 g/mol. The molecule has 6 aromatic rings. The summed E-state index contributed by atoms with van der Waals surface area (Å²) in [4.78, 5) is 22.4. The number of H-pyrrole nitrogens is 1. The number of hydrogen-bond acceptors (Lipinski definition) is 8. The van der Waals surface area contributed by atoms with Crippen LogP contribution >= 0.6 is 15.9 Å². The highest BCUT2D eigenvalue weighted by atomic mass is 79.9. The molecule has 0 amide bonds. The van der Waals surface area contributed by atoms with Gasteiger partial charge in [-0.3, -0.25) is 4.40 Å². The molecule has 0 saturated heterocycles. The van der Waals surface area contributed by atoms with Crippen LogP contribution in [0.1, 0.15) is 23.2 Å². The highest BCUT2D eigenvalue weighted by Crippen LogP contribution is 2.42. The third-order valence-corrected chi connectivity index (χ3v) is 6.98. The van der Waals surface area contributed by atoms with Gasteiger partial charge in [-0.25, -0.2) is 19.9 Å². The lowest BCUT2D eigenvalue weighted by atomic mass is 10.0. The summed E-state index contributed by atoms with van der Waals surface area (Å²) >= 11 is 3.74. The van der Waals surface area contributed by atoms with Crippen LogP contribution < -0.4 is 4.90 Å². The molecule has 11 nitrogen and oxygen atoms in total.